The average molecular weight is 270 g/mol. The number of likely N-dealkylation sites (N-methyl/N-ethyl adjacent to an activating group) is 1. The molecule has 0 aromatic heterocycles. The number of hydrogen-bond donors (Lipinski definition) is 1. The van der Waals surface area contributed by atoms with Crippen LogP contribution in [0.25, 0.3) is 0 Å². The van der Waals surface area contributed by atoms with Crippen molar-refractivity contribution in [2.45, 2.75) is 70.5 Å². The molecule has 0 saturated heterocycles. The third-order valence-electron chi connectivity index (χ3n) is 4.50. The fraction of sp³-hybridized carbons (Fsp3) is 0.933. The standard InChI is InChI=1S/C15H30N2O2/c1-6-16-15(3,14(18)19-5)11-12(2)17(4)13-9-7-8-10-13/h12-13,16H,6-11H2,1-5H3. The maximum atomic E-state index is 12.0. The van der Waals surface area contributed by atoms with Gasteiger partial charge in [-0.3, -0.25) is 4.79 Å². The Morgan fingerprint density at radius 2 is 2.05 bits per heavy atom. The van der Waals surface area contributed by atoms with Crippen molar-refractivity contribution in [1.29, 1.82) is 0 Å². The van der Waals surface area contributed by atoms with E-state index in [9.17, 15) is 4.79 Å². The minimum absolute atomic E-state index is 0.166. The first-order valence-electron chi connectivity index (χ1n) is 7.50. The van der Waals surface area contributed by atoms with Crippen LogP contribution in [0.5, 0.6) is 0 Å². The maximum Gasteiger partial charge on any atom is 0.325 e. The first-order valence-corrected chi connectivity index (χ1v) is 7.50. The van der Waals surface area contributed by atoms with Crippen molar-refractivity contribution in [1.82, 2.24) is 10.2 Å². The van der Waals surface area contributed by atoms with Crippen LogP contribution in [0.2, 0.25) is 0 Å². The average Bonchev–Trinajstić information content (AvgIpc) is 2.90. The molecule has 19 heavy (non-hydrogen) atoms. The van der Waals surface area contributed by atoms with Crippen molar-refractivity contribution in [2.24, 2.45) is 0 Å². The van der Waals surface area contributed by atoms with Gasteiger partial charge in [0, 0.05) is 12.1 Å². The van der Waals surface area contributed by atoms with Gasteiger partial charge >= 0.3 is 5.97 Å². The molecule has 2 unspecified atom stereocenters. The van der Waals surface area contributed by atoms with Crippen LogP contribution in [0, 0.1) is 0 Å². The number of rotatable bonds is 7. The lowest BCUT2D eigenvalue weighted by Crippen LogP contribution is -2.54. The summed E-state index contributed by atoms with van der Waals surface area (Å²) in [7, 11) is 3.65. The molecule has 0 aliphatic heterocycles. The number of hydrogen-bond acceptors (Lipinski definition) is 4. The van der Waals surface area contributed by atoms with E-state index in [1.165, 1.54) is 32.8 Å². The Bertz CT molecular complexity index is 290. The van der Waals surface area contributed by atoms with Crippen LogP contribution in [-0.4, -0.2) is 49.2 Å². The predicted octanol–water partition coefficient (Wildman–Crippen LogP) is 2.18. The maximum absolute atomic E-state index is 12.0. The SMILES string of the molecule is CCNC(C)(CC(C)N(C)C1CCCC1)C(=O)OC. The van der Waals surface area contributed by atoms with Crippen LogP contribution in [0.15, 0.2) is 0 Å². The third-order valence-corrected chi connectivity index (χ3v) is 4.50. The number of nitrogens with one attached hydrogen (secondary N) is 1. The van der Waals surface area contributed by atoms with E-state index >= 15 is 0 Å². The highest BCUT2D eigenvalue weighted by Gasteiger charge is 2.37. The summed E-state index contributed by atoms with van der Waals surface area (Å²) >= 11 is 0. The second kappa shape index (κ2) is 7.25. The molecule has 0 amide bonds. The van der Waals surface area contributed by atoms with Gasteiger partial charge in [0.25, 0.3) is 0 Å². The fourth-order valence-corrected chi connectivity index (χ4v) is 3.25. The van der Waals surface area contributed by atoms with Gasteiger partial charge in [-0.25, -0.2) is 0 Å². The molecule has 1 N–H and O–H groups in total. The van der Waals surface area contributed by atoms with Crippen LogP contribution < -0.4 is 5.32 Å². The Labute approximate surface area is 117 Å². The number of methoxy groups -OCH3 is 1. The van der Waals surface area contributed by atoms with Crippen LogP contribution in [0.4, 0.5) is 0 Å². The van der Waals surface area contributed by atoms with Gasteiger partial charge in [-0.2, -0.15) is 0 Å². The summed E-state index contributed by atoms with van der Waals surface area (Å²) in [6, 6.07) is 1.05. The zero-order valence-corrected chi connectivity index (χ0v) is 13.2. The summed E-state index contributed by atoms with van der Waals surface area (Å²) in [4.78, 5) is 14.4. The Morgan fingerprint density at radius 1 is 1.47 bits per heavy atom. The molecule has 1 saturated carbocycles. The van der Waals surface area contributed by atoms with E-state index in [4.69, 9.17) is 4.74 Å². The van der Waals surface area contributed by atoms with Gasteiger partial charge < -0.3 is 15.0 Å². The minimum atomic E-state index is -0.588. The van der Waals surface area contributed by atoms with Crippen LogP contribution in [-0.2, 0) is 9.53 Å². The molecule has 0 heterocycles. The predicted molar refractivity (Wildman–Crippen MR) is 78.2 cm³/mol. The molecule has 2 atom stereocenters. The van der Waals surface area contributed by atoms with E-state index in [-0.39, 0.29) is 5.97 Å². The van der Waals surface area contributed by atoms with E-state index in [1.807, 2.05) is 13.8 Å². The topological polar surface area (TPSA) is 41.6 Å². The number of esters is 1. The van der Waals surface area contributed by atoms with E-state index in [1.54, 1.807) is 0 Å². The minimum Gasteiger partial charge on any atom is -0.468 e. The zero-order valence-electron chi connectivity index (χ0n) is 13.2. The summed E-state index contributed by atoms with van der Waals surface area (Å²) in [5.74, 6) is -0.166. The van der Waals surface area contributed by atoms with Gasteiger partial charge in [-0.15, -0.1) is 0 Å². The van der Waals surface area contributed by atoms with Crippen molar-refractivity contribution in [3.63, 3.8) is 0 Å². The van der Waals surface area contributed by atoms with Crippen molar-refractivity contribution >= 4 is 5.97 Å². The zero-order chi connectivity index (χ0) is 14.5. The van der Waals surface area contributed by atoms with Crippen molar-refractivity contribution in [3.05, 3.63) is 0 Å². The highest BCUT2D eigenvalue weighted by molar-refractivity contribution is 5.80. The molecule has 112 valence electrons. The van der Waals surface area contributed by atoms with E-state index in [0.717, 1.165) is 13.0 Å². The van der Waals surface area contributed by atoms with E-state index < -0.39 is 5.54 Å². The molecule has 1 rings (SSSR count). The lowest BCUT2D eigenvalue weighted by molar-refractivity contribution is -0.148. The van der Waals surface area contributed by atoms with Crippen LogP contribution in [0.3, 0.4) is 0 Å². The molecule has 1 aliphatic rings. The Kier molecular flexibility index (Phi) is 6.27. The van der Waals surface area contributed by atoms with Gasteiger partial charge in [0.2, 0.25) is 0 Å². The van der Waals surface area contributed by atoms with E-state index in [2.05, 4.69) is 24.2 Å². The summed E-state index contributed by atoms with van der Waals surface area (Å²) in [6.45, 7) is 6.94. The summed E-state index contributed by atoms with van der Waals surface area (Å²) in [5.41, 5.74) is -0.588. The highest BCUT2D eigenvalue weighted by Crippen LogP contribution is 2.26. The molecule has 0 aromatic rings. The van der Waals surface area contributed by atoms with Crippen molar-refractivity contribution in [3.8, 4) is 0 Å². The quantitative estimate of drug-likeness (QED) is 0.720. The molecule has 1 fully saturated rings. The largest absolute Gasteiger partial charge is 0.468 e. The molecule has 4 nitrogen and oxygen atoms in total. The second-order valence-electron chi connectivity index (χ2n) is 6.01. The second-order valence-corrected chi connectivity index (χ2v) is 6.01. The summed E-state index contributed by atoms with van der Waals surface area (Å²) < 4.78 is 4.95. The molecule has 0 spiro atoms. The monoisotopic (exact) mass is 270 g/mol. The number of nitrogens with zero attached hydrogens (tertiary/aromatic N) is 1. The normalized spacial score (nSPS) is 21.4. The Balaban J connectivity index is 2.64. The first kappa shape index (κ1) is 16.4. The van der Waals surface area contributed by atoms with Gasteiger partial charge in [0.05, 0.1) is 7.11 Å². The smallest absolute Gasteiger partial charge is 0.325 e. The van der Waals surface area contributed by atoms with Gasteiger partial charge in [-0.05, 0) is 46.7 Å². The van der Waals surface area contributed by atoms with Crippen LogP contribution in [0.1, 0.15) is 52.9 Å². The molecule has 1 aliphatic carbocycles. The third kappa shape index (κ3) is 4.18. The molecule has 0 radical (unpaired) electrons. The first-order chi connectivity index (χ1) is 8.94. The fourth-order valence-electron chi connectivity index (χ4n) is 3.25. The lowest BCUT2D eigenvalue weighted by Gasteiger charge is -2.36. The van der Waals surface area contributed by atoms with Crippen molar-refractivity contribution < 1.29 is 9.53 Å². The summed E-state index contributed by atoms with van der Waals surface area (Å²) in [6.07, 6.45) is 6.03. The van der Waals surface area contributed by atoms with E-state index in [0.29, 0.717) is 12.1 Å². The molecule has 4 heteroatoms. The Morgan fingerprint density at radius 3 is 2.53 bits per heavy atom. The number of ether oxygens (including phenoxy) is 1. The molecule has 0 aromatic carbocycles. The Hall–Kier alpha value is -0.610. The van der Waals surface area contributed by atoms with Crippen LogP contribution >= 0.6 is 0 Å². The molecular formula is C15H30N2O2. The van der Waals surface area contributed by atoms with Gasteiger partial charge in [0.1, 0.15) is 5.54 Å². The molecule has 0 bridgehead atoms. The summed E-state index contributed by atoms with van der Waals surface area (Å²) in [5, 5.41) is 3.28. The van der Waals surface area contributed by atoms with Crippen molar-refractivity contribution in [2.75, 3.05) is 20.7 Å². The van der Waals surface area contributed by atoms with Gasteiger partial charge in [0.15, 0.2) is 0 Å². The number of carbonyl (C=O) groups is 1. The highest BCUT2D eigenvalue weighted by atomic mass is 16.5. The molecular weight excluding hydrogens is 240 g/mol. The lowest BCUT2D eigenvalue weighted by atomic mass is 9.92. The number of carbonyl (C=O) groups excluding carboxylic acids is 1. The van der Waals surface area contributed by atoms with Gasteiger partial charge in [-0.1, -0.05) is 19.8 Å².